The lowest BCUT2D eigenvalue weighted by molar-refractivity contribution is 0.357. The quantitative estimate of drug-likeness (QED) is 0.815. The molecule has 5 nitrogen and oxygen atoms in total. The molecule has 1 aliphatic rings. The van der Waals surface area contributed by atoms with E-state index in [0.717, 1.165) is 23.4 Å². The van der Waals surface area contributed by atoms with Crippen LogP contribution in [0.4, 0.5) is 0 Å². The van der Waals surface area contributed by atoms with Gasteiger partial charge in [-0.2, -0.15) is 4.31 Å². The predicted molar refractivity (Wildman–Crippen MR) is 88.6 cm³/mol. The zero-order valence-electron chi connectivity index (χ0n) is 13.4. The first-order valence-electron chi connectivity index (χ1n) is 8.07. The maximum absolute atomic E-state index is 12.3. The molecule has 3 rings (SSSR count). The molecule has 0 aliphatic carbocycles. The average molecular weight is 334 g/mol. The Hall–Kier alpha value is -1.66. The van der Waals surface area contributed by atoms with Crippen molar-refractivity contribution in [2.24, 2.45) is 0 Å². The van der Waals surface area contributed by atoms with Crippen LogP contribution in [0, 0.1) is 0 Å². The highest BCUT2D eigenvalue weighted by molar-refractivity contribution is 7.89. The van der Waals surface area contributed by atoms with Crippen LogP contribution in [0.5, 0.6) is 0 Å². The Balaban J connectivity index is 1.72. The van der Waals surface area contributed by atoms with E-state index in [1.807, 2.05) is 37.3 Å². The van der Waals surface area contributed by atoms with Crippen molar-refractivity contribution in [1.82, 2.24) is 9.29 Å². The van der Waals surface area contributed by atoms with Crippen LogP contribution in [-0.4, -0.2) is 30.0 Å². The van der Waals surface area contributed by atoms with Gasteiger partial charge in [0.2, 0.25) is 10.0 Å². The van der Waals surface area contributed by atoms with E-state index in [1.54, 1.807) is 4.31 Å². The van der Waals surface area contributed by atoms with Gasteiger partial charge in [0.1, 0.15) is 5.76 Å². The van der Waals surface area contributed by atoms with E-state index in [4.69, 9.17) is 4.42 Å². The van der Waals surface area contributed by atoms with Gasteiger partial charge in [0.25, 0.3) is 0 Å². The fourth-order valence-electron chi connectivity index (χ4n) is 2.77. The minimum absolute atomic E-state index is 0.216. The Morgan fingerprint density at radius 2 is 2.04 bits per heavy atom. The number of fused-ring (bicyclic) bond motifs is 1. The highest BCUT2D eigenvalue weighted by atomic mass is 32.2. The van der Waals surface area contributed by atoms with Crippen LogP contribution in [0.15, 0.2) is 34.7 Å². The molecule has 23 heavy (non-hydrogen) atoms. The molecule has 0 bridgehead atoms. The van der Waals surface area contributed by atoms with E-state index < -0.39 is 10.0 Å². The first-order valence-corrected chi connectivity index (χ1v) is 9.68. The summed E-state index contributed by atoms with van der Waals surface area (Å²) in [6.45, 7) is 2.82. The molecule has 1 aromatic carbocycles. The van der Waals surface area contributed by atoms with Gasteiger partial charge in [0, 0.05) is 19.4 Å². The normalized spacial score (nSPS) is 15.5. The fraction of sp³-hybridized carbons (Fsp3) is 0.471. The van der Waals surface area contributed by atoms with Gasteiger partial charge in [0.05, 0.1) is 18.0 Å². The molecule has 0 saturated heterocycles. The zero-order chi connectivity index (χ0) is 16.3. The molecular formula is C17H22N2O3S. The van der Waals surface area contributed by atoms with Crippen LogP contribution in [0.1, 0.15) is 42.7 Å². The van der Waals surface area contributed by atoms with Crippen LogP contribution < -0.4 is 0 Å². The number of sulfonamides is 1. The molecule has 2 aromatic rings. The van der Waals surface area contributed by atoms with Gasteiger partial charge in [-0.1, -0.05) is 43.7 Å². The Bertz CT molecular complexity index is 753. The number of nitrogens with zero attached hydrogens (tertiary/aromatic N) is 2. The van der Waals surface area contributed by atoms with E-state index in [1.165, 1.54) is 0 Å². The van der Waals surface area contributed by atoms with Gasteiger partial charge in [-0.25, -0.2) is 13.4 Å². The lowest BCUT2D eigenvalue weighted by Gasteiger charge is -2.24. The second-order valence-electron chi connectivity index (χ2n) is 5.89. The lowest BCUT2D eigenvalue weighted by atomic mass is 10.1. The van der Waals surface area contributed by atoms with Crippen molar-refractivity contribution >= 4 is 10.0 Å². The summed E-state index contributed by atoms with van der Waals surface area (Å²) in [7, 11) is -3.19. The van der Waals surface area contributed by atoms with E-state index in [-0.39, 0.29) is 5.75 Å². The van der Waals surface area contributed by atoms with Crippen LogP contribution in [0.2, 0.25) is 0 Å². The maximum Gasteiger partial charge on any atom is 0.214 e. The largest absolute Gasteiger partial charge is 0.445 e. The van der Waals surface area contributed by atoms with Crippen molar-refractivity contribution in [3.8, 4) is 0 Å². The standard InChI is InChI=1S/C17H22N2O3S/c1-2-3-11-23(20,21)19-10-9-16-15(13-19)18-17(22-16)12-14-7-5-4-6-8-14/h4-8H,2-3,9-13H2,1H3. The molecule has 0 saturated carbocycles. The Kier molecular flexibility index (Phi) is 4.82. The van der Waals surface area contributed by atoms with Crippen molar-refractivity contribution in [1.29, 1.82) is 0 Å². The smallest absolute Gasteiger partial charge is 0.214 e. The summed E-state index contributed by atoms with van der Waals surface area (Å²) in [5, 5.41) is 0. The second-order valence-corrected chi connectivity index (χ2v) is 7.98. The molecule has 0 spiro atoms. The Morgan fingerprint density at radius 1 is 1.26 bits per heavy atom. The van der Waals surface area contributed by atoms with Crippen LogP contribution in [-0.2, 0) is 29.4 Å². The van der Waals surface area contributed by atoms with E-state index in [9.17, 15) is 8.42 Å². The summed E-state index contributed by atoms with van der Waals surface area (Å²) in [5.41, 5.74) is 1.90. The van der Waals surface area contributed by atoms with Gasteiger partial charge in [0.15, 0.2) is 5.89 Å². The van der Waals surface area contributed by atoms with Crippen LogP contribution in [0.3, 0.4) is 0 Å². The minimum atomic E-state index is -3.19. The third-order valence-electron chi connectivity index (χ3n) is 4.08. The highest BCUT2D eigenvalue weighted by Gasteiger charge is 2.29. The van der Waals surface area contributed by atoms with Crippen molar-refractivity contribution < 1.29 is 12.8 Å². The van der Waals surface area contributed by atoms with Gasteiger partial charge < -0.3 is 4.42 Å². The number of benzene rings is 1. The first kappa shape index (κ1) is 16.2. The Morgan fingerprint density at radius 3 is 2.78 bits per heavy atom. The van der Waals surface area contributed by atoms with Gasteiger partial charge in [-0.15, -0.1) is 0 Å². The molecule has 124 valence electrons. The molecule has 1 aromatic heterocycles. The number of rotatable bonds is 6. The topological polar surface area (TPSA) is 63.4 Å². The second kappa shape index (κ2) is 6.84. The molecule has 6 heteroatoms. The molecule has 0 unspecified atom stereocenters. The Labute approximate surface area is 137 Å². The van der Waals surface area contributed by atoms with E-state index in [0.29, 0.717) is 38.2 Å². The number of oxazole rings is 1. The number of unbranched alkanes of at least 4 members (excludes halogenated alkanes) is 1. The molecule has 0 amide bonds. The summed E-state index contributed by atoms with van der Waals surface area (Å²) in [5.74, 6) is 1.71. The van der Waals surface area contributed by atoms with Crippen LogP contribution in [0.25, 0.3) is 0 Å². The van der Waals surface area contributed by atoms with Crippen molar-refractivity contribution in [2.75, 3.05) is 12.3 Å². The highest BCUT2D eigenvalue weighted by Crippen LogP contribution is 2.23. The SMILES string of the molecule is CCCCS(=O)(=O)N1CCc2oc(Cc3ccccc3)nc2C1. The summed E-state index contributed by atoms with van der Waals surface area (Å²) in [4.78, 5) is 4.52. The number of hydrogen-bond donors (Lipinski definition) is 0. The third kappa shape index (κ3) is 3.82. The first-order chi connectivity index (χ1) is 11.1. The predicted octanol–water partition coefficient (Wildman–Crippen LogP) is 2.75. The number of hydrogen-bond acceptors (Lipinski definition) is 4. The van der Waals surface area contributed by atoms with E-state index in [2.05, 4.69) is 4.98 Å². The maximum atomic E-state index is 12.3. The van der Waals surface area contributed by atoms with E-state index >= 15 is 0 Å². The van der Waals surface area contributed by atoms with Crippen molar-refractivity contribution in [2.45, 2.75) is 39.2 Å². The molecule has 1 aliphatic heterocycles. The minimum Gasteiger partial charge on any atom is -0.445 e. The molecule has 2 heterocycles. The summed E-state index contributed by atoms with van der Waals surface area (Å²) < 4.78 is 32.0. The fourth-order valence-corrected chi connectivity index (χ4v) is 4.37. The van der Waals surface area contributed by atoms with Gasteiger partial charge in [-0.05, 0) is 12.0 Å². The molecule has 0 N–H and O–H groups in total. The third-order valence-corrected chi connectivity index (χ3v) is 5.99. The van der Waals surface area contributed by atoms with Crippen LogP contribution >= 0.6 is 0 Å². The summed E-state index contributed by atoms with van der Waals surface area (Å²) in [6, 6.07) is 10.0. The lowest BCUT2D eigenvalue weighted by Crippen LogP contribution is -2.37. The number of aromatic nitrogens is 1. The van der Waals surface area contributed by atoms with Crippen molar-refractivity contribution in [3.05, 3.63) is 53.2 Å². The van der Waals surface area contributed by atoms with Gasteiger partial charge in [-0.3, -0.25) is 0 Å². The van der Waals surface area contributed by atoms with Gasteiger partial charge >= 0.3 is 0 Å². The molecular weight excluding hydrogens is 312 g/mol. The molecule has 0 radical (unpaired) electrons. The summed E-state index contributed by atoms with van der Waals surface area (Å²) in [6.07, 6.45) is 2.81. The molecule has 0 fully saturated rings. The zero-order valence-corrected chi connectivity index (χ0v) is 14.2. The monoisotopic (exact) mass is 334 g/mol. The average Bonchev–Trinajstić information content (AvgIpc) is 2.95. The summed E-state index contributed by atoms with van der Waals surface area (Å²) >= 11 is 0. The van der Waals surface area contributed by atoms with Crippen molar-refractivity contribution in [3.63, 3.8) is 0 Å². The molecule has 0 atom stereocenters.